The van der Waals surface area contributed by atoms with Crippen LogP contribution in [0.15, 0.2) is 71.9 Å². The van der Waals surface area contributed by atoms with Gasteiger partial charge < -0.3 is 10.5 Å². The molecule has 2 atom stereocenters. The highest BCUT2D eigenvalue weighted by Crippen LogP contribution is 2.46. The van der Waals surface area contributed by atoms with Gasteiger partial charge in [0.15, 0.2) is 0 Å². The molecule has 2 N–H and O–H groups in total. The van der Waals surface area contributed by atoms with Crippen LogP contribution in [0, 0.1) is 13.8 Å². The summed E-state index contributed by atoms with van der Waals surface area (Å²) in [4.78, 5) is 21.7. The first-order chi connectivity index (χ1) is 22.9. The first-order valence-corrected chi connectivity index (χ1v) is 17.6. The number of fused-ring (bicyclic) bond motifs is 2. The predicted molar refractivity (Wildman–Crippen MR) is 183 cm³/mol. The lowest BCUT2D eigenvalue weighted by atomic mass is 9.67. The maximum absolute atomic E-state index is 14.0. The molecular weight excluding hydrogens is 627 g/mol. The number of rotatable bonds is 9. The molecule has 2 aromatic carbocycles. The van der Waals surface area contributed by atoms with Crippen LogP contribution in [-0.4, -0.2) is 56.2 Å². The second-order valence-corrected chi connectivity index (χ2v) is 14.8. The summed E-state index contributed by atoms with van der Waals surface area (Å²) in [5.74, 6) is -0.759. The van der Waals surface area contributed by atoms with Gasteiger partial charge in [-0.25, -0.2) is 18.1 Å². The summed E-state index contributed by atoms with van der Waals surface area (Å²) in [7, 11) is -3.91. The molecule has 0 fully saturated rings. The minimum absolute atomic E-state index is 0.0620. The van der Waals surface area contributed by atoms with Gasteiger partial charge in [0, 0.05) is 36.8 Å². The topological polar surface area (TPSA) is 146 Å². The molecule has 0 bridgehead atoms. The van der Waals surface area contributed by atoms with E-state index < -0.39 is 21.3 Å². The van der Waals surface area contributed by atoms with Gasteiger partial charge in [0.1, 0.15) is 16.5 Å². The van der Waals surface area contributed by atoms with E-state index >= 15 is 0 Å². The highest BCUT2D eigenvalue weighted by Gasteiger charge is 2.40. The van der Waals surface area contributed by atoms with Crippen LogP contribution in [0.2, 0.25) is 0 Å². The Morgan fingerprint density at radius 2 is 1.81 bits per heavy atom. The summed E-state index contributed by atoms with van der Waals surface area (Å²) in [6.45, 7) is 13.2. The first-order valence-electron chi connectivity index (χ1n) is 16.2. The van der Waals surface area contributed by atoms with Crippen molar-refractivity contribution in [3.63, 3.8) is 0 Å². The maximum Gasteiger partial charge on any atom is 0.250 e. The van der Waals surface area contributed by atoms with E-state index in [9.17, 15) is 13.2 Å². The first kappa shape index (κ1) is 33.2. The van der Waals surface area contributed by atoms with Crippen molar-refractivity contribution in [2.45, 2.75) is 83.4 Å². The van der Waals surface area contributed by atoms with Crippen LogP contribution < -0.4 is 10.5 Å². The third-order valence-corrected chi connectivity index (χ3v) is 11.4. The molecule has 250 valence electrons. The van der Waals surface area contributed by atoms with Gasteiger partial charge in [-0.3, -0.25) is 9.78 Å². The average molecular weight is 668 g/mol. The molecule has 11 nitrogen and oxygen atoms in total. The van der Waals surface area contributed by atoms with E-state index in [0.717, 1.165) is 38.9 Å². The molecule has 0 radical (unpaired) electrons. The minimum atomic E-state index is -3.91. The Kier molecular flexibility index (Phi) is 8.82. The number of carbonyl (C=O) groups is 1. The third kappa shape index (κ3) is 5.73. The molecule has 4 heterocycles. The minimum Gasteiger partial charge on any atom is -0.472 e. The summed E-state index contributed by atoms with van der Waals surface area (Å²) in [6.07, 6.45) is 3.48. The molecule has 0 unspecified atom stereocenters. The van der Waals surface area contributed by atoms with Gasteiger partial charge in [-0.1, -0.05) is 50.3 Å². The van der Waals surface area contributed by atoms with Gasteiger partial charge in [-0.05, 0) is 85.3 Å². The van der Waals surface area contributed by atoms with Gasteiger partial charge in [0.05, 0.1) is 23.3 Å². The van der Waals surface area contributed by atoms with E-state index in [1.54, 1.807) is 36.7 Å². The Morgan fingerprint density at radius 1 is 1.06 bits per heavy atom. The van der Waals surface area contributed by atoms with Crippen molar-refractivity contribution in [1.29, 1.82) is 0 Å². The van der Waals surface area contributed by atoms with E-state index in [4.69, 9.17) is 15.5 Å². The van der Waals surface area contributed by atoms with Crippen LogP contribution >= 0.6 is 0 Å². The number of primary amides is 1. The molecule has 6 rings (SSSR count). The van der Waals surface area contributed by atoms with Crippen LogP contribution in [-0.2, 0) is 28.5 Å². The lowest BCUT2D eigenvalue weighted by Crippen LogP contribution is -2.36. The second kappa shape index (κ2) is 12.7. The second-order valence-electron chi connectivity index (χ2n) is 12.9. The fourth-order valence-corrected chi connectivity index (χ4v) is 8.40. The number of carbonyl (C=O) groups excluding carboxylic acids is 1. The normalized spacial score (nSPS) is 17.0. The molecule has 0 saturated heterocycles. The lowest BCUT2D eigenvalue weighted by Gasteiger charge is -2.37. The highest BCUT2D eigenvalue weighted by molar-refractivity contribution is 7.89. The molecule has 1 amide bonds. The van der Waals surface area contributed by atoms with E-state index in [2.05, 4.69) is 47.3 Å². The molecule has 48 heavy (non-hydrogen) atoms. The van der Waals surface area contributed by atoms with Crippen molar-refractivity contribution in [2.75, 3.05) is 6.54 Å². The maximum atomic E-state index is 14.0. The van der Waals surface area contributed by atoms with Crippen molar-refractivity contribution in [3.05, 3.63) is 106 Å². The zero-order valence-electron chi connectivity index (χ0n) is 28.1. The molecule has 0 saturated carbocycles. The molecule has 0 spiro atoms. The predicted octanol–water partition coefficient (Wildman–Crippen LogP) is 5.43. The number of nitrogens with two attached hydrogens (primary N) is 1. The molecule has 5 aromatic rings. The summed E-state index contributed by atoms with van der Waals surface area (Å²) in [5.41, 5.74) is 12.5. The Bertz CT molecular complexity index is 2130. The fourth-order valence-electron chi connectivity index (χ4n) is 6.88. The van der Waals surface area contributed by atoms with E-state index in [1.165, 1.54) is 4.31 Å². The SMILES string of the molecule is CC[C@@H]1CN(Cc2cc([C@@H](c3ccc4c(nnn4CC)c3C)C(C)(C)c3ncccc3C(N)=O)ccc2C)S(=O)(=O)c2cccnc2O1. The fraction of sp³-hybridized carbons (Fsp3) is 0.361. The number of sulfonamides is 1. The van der Waals surface area contributed by atoms with Crippen molar-refractivity contribution in [3.8, 4) is 5.88 Å². The summed E-state index contributed by atoms with van der Waals surface area (Å²) in [6, 6.07) is 16.9. The number of hydrogen-bond donors (Lipinski definition) is 1. The van der Waals surface area contributed by atoms with Gasteiger partial charge in [-0.15, -0.1) is 5.10 Å². The highest BCUT2D eigenvalue weighted by atomic mass is 32.2. The summed E-state index contributed by atoms with van der Waals surface area (Å²) >= 11 is 0. The molecule has 1 aliphatic heterocycles. The number of pyridine rings is 2. The number of amides is 1. The zero-order chi connectivity index (χ0) is 34.4. The number of aromatic nitrogens is 5. The number of hydrogen-bond acceptors (Lipinski definition) is 8. The standard InChI is InChI=1S/C36H41N7O4S/c1-7-26-21-42(48(45,46)30-12-10-18-39-35(30)47-26)20-25-19-24(14-13-22(25)3)31(36(5,6)33-28(34(37)44)11-9-17-38-33)27-15-16-29-32(23(27)4)40-41-43(29)8-2/h9-19,26,31H,7-8,20-21H2,1-6H3,(H2,37,44)/t26-,31+/m1/s1. The van der Waals surface area contributed by atoms with Crippen LogP contribution in [0.5, 0.6) is 5.88 Å². The van der Waals surface area contributed by atoms with E-state index in [1.807, 2.05) is 44.5 Å². The Balaban J connectivity index is 1.52. The van der Waals surface area contributed by atoms with Gasteiger partial charge in [0.2, 0.25) is 15.9 Å². The molecule has 12 heteroatoms. The van der Waals surface area contributed by atoms with Crippen LogP contribution in [0.3, 0.4) is 0 Å². The lowest BCUT2D eigenvalue weighted by molar-refractivity contribution is 0.0997. The van der Waals surface area contributed by atoms with Gasteiger partial charge in [-0.2, -0.15) is 4.31 Å². The van der Waals surface area contributed by atoms with Crippen molar-refractivity contribution < 1.29 is 17.9 Å². The quantitative estimate of drug-likeness (QED) is 0.219. The molecular formula is C36H41N7O4S. The van der Waals surface area contributed by atoms with Crippen LogP contribution in [0.25, 0.3) is 11.0 Å². The molecule has 1 aliphatic rings. The van der Waals surface area contributed by atoms with Crippen LogP contribution in [0.4, 0.5) is 0 Å². The Hall–Kier alpha value is -4.68. The monoisotopic (exact) mass is 667 g/mol. The number of ether oxygens (including phenoxy) is 1. The van der Waals surface area contributed by atoms with Crippen molar-refractivity contribution >= 4 is 27.0 Å². The van der Waals surface area contributed by atoms with Gasteiger partial charge in [0.25, 0.3) is 5.91 Å². The summed E-state index contributed by atoms with van der Waals surface area (Å²) in [5, 5.41) is 8.89. The smallest absolute Gasteiger partial charge is 0.250 e. The van der Waals surface area contributed by atoms with Crippen LogP contribution in [0.1, 0.15) is 83.9 Å². The van der Waals surface area contributed by atoms with Crippen molar-refractivity contribution in [1.82, 2.24) is 29.3 Å². The zero-order valence-corrected chi connectivity index (χ0v) is 29.0. The Labute approximate surface area is 281 Å². The third-order valence-electron chi connectivity index (χ3n) is 9.55. The van der Waals surface area contributed by atoms with Crippen molar-refractivity contribution in [2.24, 2.45) is 5.73 Å². The molecule has 0 aliphatic carbocycles. The number of aryl methyl sites for hydroxylation is 3. The van der Waals surface area contributed by atoms with E-state index in [0.29, 0.717) is 24.2 Å². The number of benzene rings is 2. The summed E-state index contributed by atoms with van der Waals surface area (Å²) < 4.78 is 37.5. The molecule has 3 aromatic heterocycles. The van der Waals surface area contributed by atoms with Gasteiger partial charge >= 0.3 is 0 Å². The largest absolute Gasteiger partial charge is 0.472 e. The Morgan fingerprint density at radius 3 is 2.54 bits per heavy atom. The number of nitrogens with zero attached hydrogens (tertiary/aromatic N) is 6. The average Bonchev–Trinajstić information content (AvgIpc) is 3.46. The van der Waals surface area contributed by atoms with E-state index in [-0.39, 0.29) is 35.9 Å².